The quantitative estimate of drug-likeness (QED) is 0.203. The number of phenols is 1. The van der Waals surface area contributed by atoms with Crippen LogP contribution in [0.3, 0.4) is 0 Å². The maximum Gasteiger partial charge on any atom is 0.335 e. The fraction of sp³-hybridized carbons (Fsp3) is 0.407. The van der Waals surface area contributed by atoms with Gasteiger partial charge in [0.05, 0.1) is 32.8 Å². The minimum absolute atomic E-state index is 0.0444. The van der Waals surface area contributed by atoms with Gasteiger partial charge < -0.3 is 49.6 Å². The van der Waals surface area contributed by atoms with Crippen molar-refractivity contribution in [2.24, 2.45) is 0 Å². The van der Waals surface area contributed by atoms with Crippen LogP contribution in [0.25, 0.3) is 6.08 Å². The van der Waals surface area contributed by atoms with E-state index in [2.05, 4.69) is 0 Å². The van der Waals surface area contributed by atoms with Crippen molar-refractivity contribution in [3.63, 3.8) is 0 Å². The molecule has 12 nitrogen and oxygen atoms in total. The minimum atomic E-state index is -2.35. The standard InChI is InChI=1S/C27H30O12/c1-36-19-9-14(4-5-17(19)29)24-16(12-28)15-7-13(8-20(37-2)25(15)39-24)3-6-22(31)38-21-11-27(35,26(33)34)10-18(30)23(21)32/h3-9,16,18,21,23-24,28-30,32,35H,10-12H2,1-2H3,(H,33,34)/b6-3+/t16-,18+,21-,23-,24+,27+/m1/s1. The summed E-state index contributed by atoms with van der Waals surface area (Å²) in [5, 5.41) is 59.7. The van der Waals surface area contributed by atoms with E-state index in [1.54, 1.807) is 24.3 Å². The third-order valence-electron chi connectivity index (χ3n) is 7.00. The number of hydrogen-bond acceptors (Lipinski definition) is 11. The van der Waals surface area contributed by atoms with Gasteiger partial charge in [-0.25, -0.2) is 9.59 Å². The van der Waals surface area contributed by atoms with Gasteiger partial charge in [-0.1, -0.05) is 6.07 Å². The predicted molar refractivity (Wildman–Crippen MR) is 134 cm³/mol. The maximum absolute atomic E-state index is 12.5. The van der Waals surface area contributed by atoms with Crippen LogP contribution in [-0.2, 0) is 14.3 Å². The zero-order valence-corrected chi connectivity index (χ0v) is 21.2. The number of hydrogen-bond donors (Lipinski definition) is 6. The number of methoxy groups -OCH3 is 2. The number of rotatable bonds is 8. The van der Waals surface area contributed by atoms with Crippen molar-refractivity contribution in [3.8, 4) is 23.0 Å². The van der Waals surface area contributed by atoms with Gasteiger partial charge in [0.2, 0.25) is 0 Å². The summed E-state index contributed by atoms with van der Waals surface area (Å²) in [5.74, 6) is -2.11. The molecule has 0 saturated heterocycles. The van der Waals surface area contributed by atoms with Crippen molar-refractivity contribution in [2.45, 2.75) is 48.8 Å². The fourth-order valence-corrected chi connectivity index (χ4v) is 4.92. The highest BCUT2D eigenvalue weighted by atomic mass is 16.6. The van der Waals surface area contributed by atoms with E-state index in [1.807, 2.05) is 0 Å². The lowest BCUT2D eigenvalue weighted by Crippen LogP contribution is -2.57. The second-order valence-electron chi connectivity index (χ2n) is 9.51. The summed E-state index contributed by atoms with van der Waals surface area (Å²) in [4.78, 5) is 23.9. The lowest BCUT2D eigenvalue weighted by Gasteiger charge is -2.39. The van der Waals surface area contributed by atoms with Crippen molar-refractivity contribution < 1.29 is 59.2 Å². The second-order valence-corrected chi connectivity index (χ2v) is 9.51. The van der Waals surface area contributed by atoms with Gasteiger partial charge >= 0.3 is 11.9 Å². The van der Waals surface area contributed by atoms with Crippen molar-refractivity contribution in [3.05, 3.63) is 53.1 Å². The molecule has 39 heavy (non-hydrogen) atoms. The van der Waals surface area contributed by atoms with Crippen LogP contribution in [0.15, 0.2) is 36.4 Å². The SMILES string of the molecule is COc1cc([C@@H]2Oc3c(OC)cc(/C=C/C(=O)O[C@@H]4C[C@](O)(C(=O)O)C[C@H](O)[C@H]4O)cc3[C@H]2CO)ccc1O. The molecule has 0 spiro atoms. The maximum atomic E-state index is 12.5. The molecule has 2 aromatic rings. The van der Waals surface area contributed by atoms with Gasteiger partial charge in [0.25, 0.3) is 0 Å². The number of carboxylic acids is 1. The Hall–Kier alpha value is -3.84. The normalized spacial score (nSPS) is 28.0. The van der Waals surface area contributed by atoms with Gasteiger partial charge in [-0.15, -0.1) is 0 Å². The van der Waals surface area contributed by atoms with E-state index in [-0.39, 0.29) is 18.1 Å². The molecule has 0 radical (unpaired) electrons. The van der Waals surface area contributed by atoms with Crippen molar-refractivity contribution >= 4 is 18.0 Å². The first-order valence-electron chi connectivity index (χ1n) is 12.1. The average molecular weight is 547 g/mol. The number of carbonyl (C=O) groups excluding carboxylic acids is 1. The Kier molecular flexibility index (Phi) is 8.02. The fourth-order valence-electron chi connectivity index (χ4n) is 4.92. The summed E-state index contributed by atoms with van der Waals surface area (Å²) in [6.07, 6.45) is -3.99. The number of aliphatic hydroxyl groups is 4. The van der Waals surface area contributed by atoms with E-state index in [4.69, 9.17) is 18.9 Å². The van der Waals surface area contributed by atoms with Crippen molar-refractivity contribution in [1.29, 1.82) is 0 Å². The monoisotopic (exact) mass is 546 g/mol. The van der Waals surface area contributed by atoms with Gasteiger partial charge in [0.1, 0.15) is 18.3 Å². The molecule has 2 aromatic carbocycles. The number of esters is 1. The second kappa shape index (κ2) is 11.1. The topological polar surface area (TPSA) is 192 Å². The first kappa shape index (κ1) is 28.2. The van der Waals surface area contributed by atoms with Crippen molar-refractivity contribution in [2.75, 3.05) is 20.8 Å². The molecule has 0 aromatic heterocycles. The number of aliphatic carboxylic acids is 1. The molecule has 1 heterocycles. The Balaban J connectivity index is 1.55. The number of carbonyl (C=O) groups is 2. The van der Waals surface area contributed by atoms with Gasteiger partial charge in [-0.2, -0.15) is 0 Å². The van der Waals surface area contributed by atoms with Crippen LogP contribution < -0.4 is 14.2 Å². The minimum Gasteiger partial charge on any atom is -0.504 e. The van der Waals surface area contributed by atoms with E-state index in [0.717, 1.165) is 6.08 Å². The van der Waals surface area contributed by atoms with Crippen LogP contribution in [0.4, 0.5) is 0 Å². The number of benzene rings is 2. The van der Waals surface area contributed by atoms with Crippen LogP contribution in [0.1, 0.15) is 41.6 Å². The number of carboxylic acid groups (broad SMARTS) is 1. The summed E-state index contributed by atoms with van der Waals surface area (Å²) < 4.78 is 21.9. The van der Waals surface area contributed by atoms with Gasteiger partial charge in [0.15, 0.2) is 28.6 Å². The average Bonchev–Trinajstić information content (AvgIpc) is 3.28. The first-order valence-corrected chi connectivity index (χ1v) is 12.1. The summed E-state index contributed by atoms with van der Waals surface area (Å²) >= 11 is 0. The third kappa shape index (κ3) is 5.50. The Bertz CT molecular complexity index is 1270. The highest BCUT2D eigenvalue weighted by Gasteiger charge is 2.50. The van der Waals surface area contributed by atoms with Gasteiger partial charge in [-0.3, -0.25) is 0 Å². The molecule has 1 fully saturated rings. The van der Waals surface area contributed by atoms with E-state index in [9.17, 15) is 40.2 Å². The number of ether oxygens (including phenoxy) is 4. The summed E-state index contributed by atoms with van der Waals surface area (Å²) in [6.45, 7) is -0.284. The molecule has 1 saturated carbocycles. The highest BCUT2D eigenvalue weighted by Crippen LogP contribution is 2.51. The van der Waals surface area contributed by atoms with E-state index < -0.39 is 60.7 Å². The smallest absolute Gasteiger partial charge is 0.335 e. The number of phenolic OH excluding ortho intramolecular Hbond substituents is 1. The Morgan fingerprint density at radius 1 is 1.10 bits per heavy atom. The van der Waals surface area contributed by atoms with Gasteiger partial charge in [0, 0.05) is 24.5 Å². The van der Waals surface area contributed by atoms with E-state index in [1.165, 1.54) is 26.4 Å². The molecule has 12 heteroatoms. The Morgan fingerprint density at radius 2 is 1.82 bits per heavy atom. The molecule has 210 valence electrons. The molecule has 2 aliphatic rings. The van der Waals surface area contributed by atoms with E-state index in [0.29, 0.717) is 28.2 Å². The molecule has 1 aliphatic heterocycles. The Labute approximate surface area is 223 Å². The number of aromatic hydroxyl groups is 1. The van der Waals surface area contributed by atoms with Crippen LogP contribution in [0, 0.1) is 0 Å². The molecule has 6 N–H and O–H groups in total. The molecular formula is C27H30O12. The largest absolute Gasteiger partial charge is 0.504 e. The van der Waals surface area contributed by atoms with Gasteiger partial charge in [-0.05, 0) is 41.5 Å². The summed E-state index contributed by atoms with van der Waals surface area (Å²) in [7, 11) is 2.85. The zero-order chi connectivity index (χ0) is 28.5. The third-order valence-corrected chi connectivity index (χ3v) is 7.00. The molecule has 4 rings (SSSR count). The summed E-state index contributed by atoms with van der Waals surface area (Å²) in [6, 6.07) is 8.02. The molecule has 0 bridgehead atoms. The highest BCUT2D eigenvalue weighted by molar-refractivity contribution is 5.87. The predicted octanol–water partition coefficient (Wildman–Crippen LogP) is 0.875. The molecule has 0 amide bonds. The molecule has 1 aliphatic carbocycles. The summed E-state index contributed by atoms with van der Waals surface area (Å²) in [5.41, 5.74) is -0.603. The van der Waals surface area contributed by atoms with E-state index >= 15 is 0 Å². The molecule has 0 unspecified atom stereocenters. The van der Waals surface area contributed by atoms with Crippen LogP contribution >= 0.6 is 0 Å². The van der Waals surface area contributed by atoms with Crippen LogP contribution in [-0.4, -0.2) is 87.3 Å². The number of fused-ring (bicyclic) bond motifs is 1. The Morgan fingerprint density at radius 3 is 2.46 bits per heavy atom. The molecular weight excluding hydrogens is 516 g/mol. The van der Waals surface area contributed by atoms with Crippen molar-refractivity contribution in [1.82, 2.24) is 0 Å². The zero-order valence-electron chi connectivity index (χ0n) is 21.2. The lowest BCUT2D eigenvalue weighted by molar-refractivity contribution is -0.196. The number of aliphatic hydroxyl groups excluding tert-OH is 3. The van der Waals surface area contributed by atoms with Crippen LogP contribution in [0.5, 0.6) is 23.0 Å². The molecule has 6 atom stereocenters. The lowest BCUT2D eigenvalue weighted by atomic mass is 9.79. The first-order chi connectivity index (χ1) is 18.5. The van der Waals surface area contributed by atoms with Crippen LogP contribution in [0.2, 0.25) is 0 Å².